The summed E-state index contributed by atoms with van der Waals surface area (Å²) in [5.74, 6) is 1.18. The maximum absolute atomic E-state index is 12.1. The number of ether oxygens (including phenoxy) is 2. The van der Waals surface area contributed by atoms with E-state index in [0.717, 1.165) is 12.8 Å². The average Bonchev–Trinajstić information content (AvgIpc) is 2.42. The molecule has 1 aromatic rings. The van der Waals surface area contributed by atoms with E-state index in [1.807, 2.05) is 0 Å². The first-order valence-corrected chi connectivity index (χ1v) is 7.06. The van der Waals surface area contributed by atoms with Gasteiger partial charge in [0, 0.05) is 12.1 Å². The summed E-state index contributed by atoms with van der Waals surface area (Å²) < 4.78 is 10.9. The van der Waals surface area contributed by atoms with Crippen LogP contribution in [0.15, 0.2) is 12.1 Å². The zero-order valence-corrected chi connectivity index (χ0v) is 11.7. The van der Waals surface area contributed by atoms with Crippen molar-refractivity contribution in [3.63, 3.8) is 0 Å². The number of rotatable bonds is 3. The van der Waals surface area contributed by atoms with Crippen molar-refractivity contribution in [2.24, 2.45) is 5.92 Å². The highest BCUT2D eigenvalue weighted by atomic mass is 35.5. The summed E-state index contributed by atoms with van der Waals surface area (Å²) in [5, 5.41) is 12.4. The Labute approximate surface area is 121 Å². The Balaban J connectivity index is 1.67. The lowest BCUT2D eigenvalue weighted by molar-refractivity contribution is 0.0420. The van der Waals surface area contributed by atoms with Crippen molar-refractivity contribution in [1.29, 1.82) is 0 Å². The number of hydrogen-bond donors (Lipinski definition) is 2. The first-order valence-electron chi connectivity index (χ1n) is 6.69. The molecule has 1 fully saturated rings. The number of aliphatic hydroxyl groups excluding tert-OH is 1. The van der Waals surface area contributed by atoms with E-state index in [9.17, 15) is 9.90 Å². The molecule has 0 saturated heterocycles. The smallest absolute Gasteiger partial charge is 0.251 e. The van der Waals surface area contributed by atoms with Crippen LogP contribution in [-0.2, 0) is 0 Å². The number of aliphatic hydroxyl groups is 1. The van der Waals surface area contributed by atoms with Gasteiger partial charge in [0.2, 0.25) is 0 Å². The molecule has 0 spiro atoms. The largest absolute Gasteiger partial charge is 0.486 e. The van der Waals surface area contributed by atoms with Gasteiger partial charge in [-0.05, 0) is 30.9 Å². The Hall–Kier alpha value is -1.46. The lowest BCUT2D eigenvalue weighted by atomic mass is 9.82. The van der Waals surface area contributed by atoms with E-state index in [-0.39, 0.29) is 12.0 Å². The van der Waals surface area contributed by atoms with Crippen LogP contribution in [-0.4, -0.2) is 36.9 Å². The Morgan fingerprint density at radius 3 is 2.85 bits per heavy atom. The summed E-state index contributed by atoms with van der Waals surface area (Å²) in [6.07, 6.45) is 1.30. The minimum Gasteiger partial charge on any atom is -0.486 e. The number of fused-ring (bicyclic) bond motifs is 1. The zero-order chi connectivity index (χ0) is 14.1. The number of carbonyl (C=O) groups is 1. The normalized spacial score (nSPS) is 23.9. The standard InChI is InChI=1S/C14H16ClNO4/c15-11-5-9(6-12-13(11)20-2-1-19-12)14(18)16-7-8-3-10(17)4-8/h5-6,8,10,17H,1-4,7H2,(H,16,18). The zero-order valence-electron chi connectivity index (χ0n) is 10.9. The molecule has 0 radical (unpaired) electrons. The van der Waals surface area contributed by atoms with Crippen LogP contribution in [0.2, 0.25) is 5.02 Å². The third-order valence-corrected chi connectivity index (χ3v) is 3.90. The summed E-state index contributed by atoms with van der Waals surface area (Å²) in [6, 6.07) is 3.23. The highest BCUT2D eigenvalue weighted by Gasteiger charge is 2.27. The van der Waals surface area contributed by atoms with Crippen LogP contribution < -0.4 is 14.8 Å². The second kappa shape index (κ2) is 5.50. The lowest BCUT2D eigenvalue weighted by Gasteiger charge is -2.31. The Morgan fingerprint density at radius 2 is 2.10 bits per heavy atom. The molecule has 6 heteroatoms. The molecule has 0 unspecified atom stereocenters. The molecule has 1 aliphatic heterocycles. The molecule has 1 aliphatic carbocycles. The Kier molecular flexibility index (Phi) is 3.72. The van der Waals surface area contributed by atoms with E-state index in [4.69, 9.17) is 21.1 Å². The number of hydrogen-bond acceptors (Lipinski definition) is 4. The lowest BCUT2D eigenvalue weighted by Crippen LogP contribution is -2.38. The summed E-state index contributed by atoms with van der Waals surface area (Å²) >= 11 is 6.09. The van der Waals surface area contributed by atoms with Gasteiger partial charge < -0.3 is 19.9 Å². The van der Waals surface area contributed by atoms with E-state index in [1.165, 1.54) is 0 Å². The molecule has 1 heterocycles. The molecule has 2 aliphatic rings. The van der Waals surface area contributed by atoms with Gasteiger partial charge in [-0.1, -0.05) is 11.6 Å². The predicted molar refractivity (Wildman–Crippen MR) is 73.5 cm³/mol. The maximum Gasteiger partial charge on any atom is 0.251 e. The van der Waals surface area contributed by atoms with Gasteiger partial charge in [0.25, 0.3) is 5.91 Å². The van der Waals surface area contributed by atoms with Gasteiger partial charge in [0.05, 0.1) is 11.1 Å². The van der Waals surface area contributed by atoms with E-state index < -0.39 is 0 Å². The summed E-state index contributed by atoms with van der Waals surface area (Å²) in [4.78, 5) is 12.1. The van der Waals surface area contributed by atoms with Crippen LogP contribution in [0, 0.1) is 5.92 Å². The SMILES string of the molecule is O=C(NCC1CC(O)C1)c1cc(Cl)c2c(c1)OCCO2. The highest BCUT2D eigenvalue weighted by Crippen LogP contribution is 2.38. The van der Waals surface area contributed by atoms with Crippen molar-refractivity contribution in [2.75, 3.05) is 19.8 Å². The van der Waals surface area contributed by atoms with Crippen molar-refractivity contribution >= 4 is 17.5 Å². The second-order valence-electron chi connectivity index (χ2n) is 5.18. The van der Waals surface area contributed by atoms with Crippen molar-refractivity contribution in [3.05, 3.63) is 22.7 Å². The number of benzene rings is 1. The van der Waals surface area contributed by atoms with Crippen LogP contribution in [0.5, 0.6) is 11.5 Å². The molecular weight excluding hydrogens is 282 g/mol. The monoisotopic (exact) mass is 297 g/mol. The van der Waals surface area contributed by atoms with Crippen LogP contribution in [0.3, 0.4) is 0 Å². The van der Waals surface area contributed by atoms with Crippen LogP contribution in [0.25, 0.3) is 0 Å². The molecular formula is C14H16ClNO4. The molecule has 5 nitrogen and oxygen atoms in total. The molecule has 108 valence electrons. The molecule has 2 N–H and O–H groups in total. The van der Waals surface area contributed by atoms with E-state index in [2.05, 4.69) is 5.32 Å². The molecule has 0 bridgehead atoms. The first kappa shape index (κ1) is 13.5. The topological polar surface area (TPSA) is 67.8 Å². The molecule has 1 saturated carbocycles. The summed E-state index contributed by atoms with van der Waals surface area (Å²) in [5.41, 5.74) is 0.458. The molecule has 0 atom stereocenters. The summed E-state index contributed by atoms with van der Waals surface area (Å²) in [7, 11) is 0. The van der Waals surface area contributed by atoms with Gasteiger partial charge in [0.15, 0.2) is 11.5 Å². The fourth-order valence-electron chi connectivity index (χ4n) is 2.45. The minimum atomic E-state index is -0.208. The van der Waals surface area contributed by atoms with Gasteiger partial charge in [-0.3, -0.25) is 4.79 Å². The van der Waals surface area contributed by atoms with E-state index in [0.29, 0.717) is 47.8 Å². The van der Waals surface area contributed by atoms with E-state index in [1.54, 1.807) is 12.1 Å². The van der Waals surface area contributed by atoms with Gasteiger partial charge >= 0.3 is 0 Å². The van der Waals surface area contributed by atoms with Gasteiger partial charge in [-0.15, -0.1) is 0 Å². The molecule has 20 heavy (non-hydrogen) atoms. The Morgan fingerprint density at radius 1 is 1.35 bits per heavy atom. The average molecular weight is 298 g/mol. The number of carbonyl (C=O) groups excluding carboxylic acids is 1. The number of nitrogens with one attached hydrogen (secondary N) is 1. The van der Waals surface area contributed by atoms with Crippen LogP contribution >= 0.6 is 11.6 Å². The van der Waals surface area contributed by atoms with Crippen molar-refractivity contribution in [3.8, 4) is 11.5 Å². The predicted octanol–water partition coefficient (Wildman–Crippen LogP) is 1.61. The maximum atomic E-state index is 12.1. The number of halogens is 1. The van der Waals surface area contributed by atoms with Gasteiger partial charge in [-0.25, -0.2) is 0 Å². The van der Waals surface area contributed by atoms with E-state index >= 15 is 0 Å². The third kappa shape index (κ3) is 2.69. The molecule has 1 amide bonds. The second-order valence-corrected chi connectivity index (χ2v) is 5.59. The summed E-state index contributed by atoms with van der Waals surface area (Å²) in [6.45, 7) is 1.48. The van der Waals surface area contributed by atoms with Crippen LogP contribution in [0.1, 0.15) is 23.2 Å². The quantitative estimate of drug-likeness (QED) is 0.889. The van der Waals surface area contributed by atoms with Gasteiger partial charge in [0.1, 0.15) is 13.2 Å². The Bertz CT molecular complexity index is 528. The fourth-order valence-corrected chi connectivity index (χ4v) is 2.71. The minimum absolute atomic E-state index is 0.190. The number of amides is 1. The molecule has 3 rings (SSSR count). The fraction of sp³-hybridized carbons (Fsp3) is 0.500. The van der Waals surface area contributed by atoms with Crippen molar-refractivity contribution in [1.82, 2.24) is 5.32 Å². The highest BCUT2D eigenvalue weighted by molar-refractivity contribution is 6.32. The van der Waals surface area contributed by atoms with Crippen LogP contribution in [0.4, 0.5) is 0 Å². The van der Waals surface area contributed by atoms with Crippen molar-refractivity contribution in [2.45, 2.75) is 18.9 Å². The third-order valence-electron chi connectivity index (χ3n) is 3.62. The molecule has 0 aromatic heterocycles. The molecule has 1 aromatic carbocycles. The van der Waals surface area contributed by atoms with Gasteiger partial charge in [-0.2, -0.15) is 0 Å². The first-order chi connectivity index (χ1) is 9.63. The van der Waals surface area contributed by atoms with Crippen molar-refractivity contribution < 1.29 is 19.4 Å².